The van der Waals surface area contributed by atoms with Gasteiger partial charge < -0.3 is 0 Å². The third-order valence-electron chi connectivity index (χ3n) is 5.02. The van der Waals surface area contributed by atoms with E-state index in [0.717, 1.165) is 14.9 Å². The molecule has 146 valence electrons. The Labute approximate surface area is 172 Å². The van der Waals surface area contributed by atoms with E-state index < -0.39 is 22.0 Å². The lowest BCUT2D eigenvalue weighted by atomic mass is 10.2. The van der Waals surface area contributed by atoms with Gasteiger partial charge in [0.05, 0.1) is 17.0 Å². The van der Waals surface area contributed by atoms with Crippen molar-refractivity contribution < 1.29 is 18.0 Å². The molecule has 1 unspecified atom stereocenters. The van der Waals surface area contributed by atoms with Crippen LogP contribution in [0.5, 0.6) is 0 Å². The maximum Gasteiger partial charge on any atom is 0.252 e. The van der Waals surface area contributed by atoms with E-state index in [4.69, 9.17) is 0 Å². The molecule has 1 saturated heterocycles. The molecule has 0 aromatic heterocycles. The van der Waals surface area contributed by atoms with Crippen molar-refractivity contribution in [1.29, 1.82) is 0 Å². The molecule has 2 aliphatic rings. The minimum absolute atomic E-state index is 0.122. The first-order valence-corrected chi connectivity index (χ1v) is 11.2. The summed E-state index contributed by atoms with van der Waals surface area (Å²) in [6.07, 6.45) is 1.25. The van der Waals surface area contributed by atoms with E-state index in [0.29, 0.717) is 18.5 Å². The SMILES string of the molecule is Cc1ccc(N2C(=O)CC(N(C3CC3)S(=O)(=O)c3ccc(Br)cc3)C2=O)cc1. The summed E-state index contributed by atoms with van der Waals surface area (Å²) in [7, 11) is -3.89. The van der Waals surface area contributed by atoms with Gasteiger partial charge in [-0.15, -0.1) is 0 Å². The monoisotopic (exact) mass is 462 g/mol. The third kappa shape index (κ3) is 3.40. The van der Waals surface area contributed by atoms with Crippen molar-refractivity contribution in [3.05, 3.63) is 58.6 Å². The fourth-order valence-electron chi connectivity index (χ4n) is 3.46. The number of hydrogen-bond donors (Lipinski definition) is 0. The topological polar surface area (TPSA) is 74.8 Å². The van der Waals surface area contributed by atoms with Gasteiger partial charge in [0, 0.05) is 10.5 Å². The van der Waals surface area contributed by atoms with E-state index >= 15 is 0 Å². The molecule has 0 radical (unpaired) electrons. The number of amides is 2. The number of carbonyl (C=O) groups is 2. The van der Waals surface area contributed by atoms with Gasteiger partial charge in [0.1, 0.15) is 6.04 Å². The summed E-state index contributed by atoms with van der Waals surface area (Å²) in [4.78, 5) is 26.9. The second-order valence-electron chi connectivity index (χ2n) is 7.14. The normalized spacial score (nSPS) is 20.2. The molecule has 0 spiro atoms. The number of nitrogens with zero attached hydrogens (tertiary/aromatic N) is 2. The van der Waals surface area contributed by atoms with Gasteiger partial charge in [-0.3, -0.25) is 9.59 Å². The zero-order valence-corrected chi connectivity index (χ0v) is 17.6. The molecule has 1 atom stereocenters. The maximum atomic E-state index is 13.3. The van der Waals surface area contributed by atoms with Gasteiger partial charge in [-0.25, -0.2) is 13.3 Å². The lowest BCUT2D eigenvalue weighted by Gasteiger charge is -2.26. The zero-order valence-electron chi connectivity index (χ0n) is 15.2. The van der Waals surface area contributed by atoms with Crippen molar-refractivity contribution in [2.75, 3.05) is 4.90 Å². The molecule has 6 nitrogen and oxygen atoms in total. The molecule has 2 aromatic carbocycles. The quantitative estimate of drug-likeness (QED) is 0.639. The minimum Gasteiger partial charge on any atom is -0.274 e. The van der Waals surface area contributed by atoms with Gasteiger partial charge in [0.15, 0.2) is 0 Å². The average molecular weight is 463 g/mol. The van der Waals surface area contributed by atoms with Crippen LogP contribution >= 0.6 is 15.9 Å². The fraction of sp³-hybridized carbons (Fsp3) is 0.300. The highest BCUT2D eigenvalue weighted by Crippen LogP contribution is 2.38. The summed E-state index contributed by atoms with van der Waals surface area (Å²) in [6, 6.07) is 12.1. The van der Waals surface area contributed by atoms with Crippen molar-refractivity contribution in [1.82, 2.24) is 4.31 Å². The number of carbonyl (C=O) groups excluding carboxylic acids is 2. The van der Waals surface area contributed by atoms with Crippen LogP contribution in [0.15, 0.2) is 57.9 Å². The predicted molar refractivity (Wildman–Crippen MR) is 108 cm³/mol. The standard InChI is InChI=1S/C20H19BrN2O4S/c1-13-2-6-15(7-3-13)22-19(24)12-18(20(22)25)23(16-8-9-16)28(26,27)17-10-4-14(21)5-11-17/h2-7,10-11,16,18H,8-9,12H2,1H3. The van der Waals surface area contributed by atoms with E-state index in [2.05, 4.69) is 15.9 Å². The lowest BCUT2D eigenvalue weighted by molar-refractivity contribution is -0.122. The molecule has 2 fully saturated rings. The Balaban J connectivity index is 1.69. The van der Waals surface area contributed by atoms with E-state index in [-0.39, 0.29) is 23.3 Å². The Bertz CT molecular complexity index is 1030. The molecule has 1 heterocycles. The number of aryl methyl sites for hydroxylation is 1. The van der Waals surface area contributed by atoms with Gasteiger partial charge in [-0.1, -0.05) is 33.6 Å². The number of hydrogen-bond acceptors (Lipinski definition) is 4. The summed E-state index contributed by atoms with van der Waals surface area (Å²) >= 11 is 3.30. The van der Waals surface area contributed by atoms with Crippen LogP contribution in [-0.2, 0) is 19.6 Å². The summed E-state index contributed by atoms with van der Waals surface area (Å²) in [5, 5.41) is 0. The molecule has 2 amide bonds. The van der Waals surface area contributed by atoms with Crippen molar-refractivity contribution in [3.63, 3.8) is 0 Å². The highest BCUT2D eigenvalue weighted by Gasteiger charge is 2.51. The van der Waals surface area contributed by atoms with Crippen LogP contribution in [0, 0.1) is 6.92 Å². The maximum absolute atomic E-state index is 13.3. The van der Waals surface area contributed by atoms with Gasteiger partial charge in [0.25, 0.3) is 5.91 Å². The largest absolute Gasteiger partial charge is 0.274 e. The van der Waals surface area contributed by atoms with Crippen molar-refractivity contribution in [2.45, 2.75) is 43.2 Å². The Morgan fingerprint density at radius 3 is 2.18 bits per heavy atom. The van der Waals surface area contributed by atoms with Crippen LogP contribution < -0.4 is 4.90 Å². The lowest BCUT2D eigenvalue weighted by Crippen LogP contribution is -2.46. The number of benzene rings is 2. The minimum atomic E-state index is -3.89. The van der Waals surface area contributed by atoms with Crippen LogP contribution in [0.25, 0.3) is 0 Å². The van der Waals surface area contributed by atoms with Crippen LogP contribution in [-0.4, -0.2) is 36.6 Å². The average Bonchev–Trinajstić information content (AvgIpc) is 3.43. The highest BCUT2D eigenvalue weighted by atomic mass is 79.9. The van der Waals surface area contributed by atoms with E-state index in [1.54, 1.807) is 24.3 Å². The van der Waals surface area contributed by atoms with Crippen molar-refractivity contribution >= 4 is 43.5 Å². The Morgan fingerprint density at radius 2 is 1.61 bits per heavy atom. The predicted octanol–water partition coefficient (Wildman–Crippen LogP) is 3.24. The molecule has 1 aliphatic carbocycles. The van der Waals surface area contributed by atoms with Crippen molar-refractivity contribution in [3.8, 4) is 0 Å². The number of sulfonamides is 1. The smallest absolute Gasteiger partial charge is 0.252 e. The molecular weight excluding hydrogens is 444 g/mol. The molecule has 4 rings (SSSR count). The van der Waals surface area contributed by atoms with Crippen molar-refractivity contribution in [2.24, 2.45) is 0 Å². The molecule has 28 heavy (non-hydrogen) atoms. The van der Waals surface area contributed by atoms with Crippen LogP contribution in [0.1, 0.15) is 24.8 Å². The van der Waals surface area contributed by atoms with Gasteiger partial charge in [-0.05, 0) is 56.2 Å². The first-order chi connectivity index (χ1) is 13.3. The second kappa shape index (κ2) is 7.09. The molecule has 1 aliphatic heterocycles. The number of halogens is 1. The molecule has 0 N–H and O–H groups in total. The first-order valence-electron chi connectivity index (χ1n) is 9.01. The van der Waals surface area contributed by atoms with Gasteiger partial charge in [-0.2, -0.15) is 4.31 Å². The Hall–Kier alpha value is -2.03. The fourth-order valence-corrected chi connectivity index (χ4v) is 5.55. The van der Waals surface area contributed by atoms with E-state index in [1.807, 2.05) is 19.1 Å². The summed E-state index contributed by atoms with van der Waals surface area (Å²) in [6.45, 7) is 1.92. The summed E-state index contributed by atoms with van der Waals surface area (Å²) in [5.41, 5.74) is 1.48. The molecule has 0 bridgehead atoms. The summed E-state index contributed by atoms with van der Waals surface area (Å²) < 4.78 is 28.6. The number of imide groups is 1. The Kier molecular flexibility index (Phi) is 4.89. The van der Waals surface area contributed by atoms with Gasteiger partial charge in [0.2, 0.25) is 15.9 Å². The summed E-state index contributed by atoms with van der Waals surface area (Å²) in [5.74, 6) is -0.864. The van der Waals surface area contributed by atoms with Crippen LogP contribution in [0.2, 0.25) is 0 Å². The first kappa shape index (κ1) is 19.3. The second-order valence-corrected chi connectivity index (χ2v) is 9.90. The number of anilines is 1. The molecule has 8 heteroatoms. The molecule has 2 aromatic rings. The Morgan fingerprint density at radius 1 is 1.00 bits per heavy atom. The van der Waals surface area contributed by atoms with E-state index in [9.17, 15) is 18.0 Å². The molecular formula is C20H19BrN2O4S. The zero-order chi connectivity index (χ0) is 20.1. The van der Waals surface area contributed by atoms with E-state index in [1.165, 1.54) is 16.4 Å². The molecule has 1 saturated carbocycles. The third-order valence-corrected chi connectivity index (χ3v) is 7.52. The highest BCUT2D eigenvalue weighted by molar-refractivity contribution is 9.10. The van der Waals surface area contributed by atoms with Crippen LogP contribution in [0.3, 0.4) is 0 Å². The van der Waals surface area contributed by atoms with Gasteiger partial charge >= 0.3 is 0 Å². The number of rotatable bonds is 5. The van der Waals surface area contributed by atoms with Crippen LogP contribution in [0.4, 0.5) is 5.69 Å².